The Labute approximate surface area is 86.2 Å². The third-order valence-electron chi connectivity index (χ3n) is 2.71. The molecule has 1 aliphatic carbocycles. The smallest absolute Gasteiger partial charge is 0.313 e. The molecule has 0 aromatic heterocycles. The Morgan fingerprint density at radius 1 is 1.67 bits per heavy atom. The van der Waals surface area contributed by atoms with E-state index in [1.54, 1.807) is 6.08 Å². The van der Waals surface area contributed by atoms with Crippen LogP contribution in [0.4, 0.5) is 0 Å². The van der Waals surface area contributed by atoms with E-state index in [2.05, 4.69) is 0 Å². The summed E-state index contributed by atoms with van der Waals surface area (Å²) in [5, 5.41) is 19.9. The Bertz CT molecular complexity index is 350. The fraction of sp³-hybridized carbons (Fsp3) is 0.444. The molecule has 1 rings (SSSR count). The van der Waals surface area contributed by atoms with Gasteiger partial charge in [-0.3, -0.25) is 14.9 Å². The molecule has 6 nitrogen and oxygen atoms in total. The second-order valence-electron chi connectivity index (χ2n) is 3.47. The lowest BCUT2D eigenvalue weighted by atomic mass is 9.77. The molecule has 82 valence electrons. The molecular weight excluding hydrogens is 200 g/mol. The molecule has 3 unspecified atom stereocenters. The first-order valence-corrected chi connectivity index (χ1v) is 4.42. The Morgan fingerprint density at radius 2 is 2.27 bits per heavy atom. The van der Waals surface area contributed by atoms with Gasteiger partial charge in [0.25, 0.3) is 5.54 Å². The highest BCUT2D eigenvalue weighted by atomic mass is 16.6. The standard InChI is InChI=1S/C9H12N2O4/c1-6(8(12)13)9(11(14)15)5-3-2-4-7(9)10/h2-7H,10H2,1H3,(H,12,13). The van der Waals surface area contributed by atoms with Gasteiger partial charge in [0, 0.05) is 4.92 Å². The van der Waals surface area contributed by atoms with Gasteiger partial charge in [-0.2, -0.15) is 0 Å². The second-order valence-corrected chi connectivity index (χ2v) is 3.47. The maximum Gasteiger partial charge on any atom is 0.313 e. The molecular formula is C9H12N2O4. The van der Waals surface area contributed by atoms with Crippen LogP contribution in [-0.4, -0.2) is 27.6 Å². The molecule has 3 atom stereocenters. The molecule has 3 N–H and O–H groups in total. The Kier molecular flexibility index (Phi) is 2.90. The molecule has 0 aromatic carbocycles. The van der Waals surface area contributed by atoms with E-state index in [0.29, 0.717) is 0 Å². The molecule has 0 aromatic rings. The number of hydrogen-bond acceptors (Lipinski definition) is 4. The normalized spacial score (nSPS) is 31.2. The highest BCUT2D eigenvalue weighted by Gasteiger charge is 2.54. The summed E-state index contributed by atoms with van der Waals surface area (Å²) in [6.45, 7) is 1.29. The van der Waals surface area contributed by atoms with Crippen molar-refractivity contribution in [3.63, 3.8) is 0 Å². The minimum absolute atomic E-state index is 0.629. The third-order valence-corrected chi connectivity index (χ3v) is 2.71. The van der Waals surface area contributed by atoms with Crippen LogP contribution >= 0.6 is 0 Å². The maximum absolute atomic E-state index is 11.0. The van der Waals surface area contributed by atoms with Gasteiger partial charge in [0.2, 0.25) is 0 Å². The van der Waals surface area contributed by atoms with Crippen LogP contribution in [-0.2, 0) is 4.79 Å². The van der Waals surface area contributed by atoms with Crippen LogP contribution in [0.15, 0.2) is 24.3 Å². The third kappa shape index (κ3) is 1.63. The average Bonchev–Trinajstić information content (AvgIpc) is 2.17. The van der Waals surface area contributed by atoms with E-state index in [1.807, 2.05) is 0 Å². The summed E-state index contributed by atoms with van der Waals surface area (Å²) in [5.41, 5.74) is 3.86. The fourth-order valence-electron chi connectivity index (χ4n) is 1.63. The van der Waals surface area contributed by atoms with E-state index in [1.165, 1.54) is 25.2 Å². The summed E-state index contributed by atoms with van der Waals surface area (Å²) in [5.74, 6) is -2.41. The van der Waals surface area contributed by atoms with Crippen LogP contribution in [0, 0.1) is 16.0 Å². The van der Waals surface area contributed by atoms with Crippen molar-refractivity contribution in [2.75, 3.05) is 0 Å². The number of nitrogens with zero attached hydrogens (tertiary/aromatic N) is 1. The zero-order valence-electron chi connectivity index (χ0n) is 8.16. The van der Waals surface area contributed by atoms with Gasteiger partial charge in [0.1, 0.15) is 5.92 Å². The van der Waals surface area contributed by atoms with Gasteiger partial charge in [-0.1, -0.05) is 18.2 Å². The molecule has 6 heteroatoms. The van der Waals surface area contributed by atoms with Crippen LogP contribution in [0.25, 0.3) is 0 Å². The van der Waals surface area contributed by atoms with Gasteiger partial charge in [-0.05, 0) is 13.0 Å². The summed E-state index contributed by atoms with van der Waals surface area (Å²) >= 11 is 0. The van der Waals surface area contributed by atoms with E-state index in [9.17, 15) is 14.9 Å². The molecule has 0 fully saturated rings. The molecule has 0 heterocycles. The zero-order valence-corrected chi connectivity index (χ0v) is 8.16. The lowest BCUT2D eigenvalue weighted by molar-refractivity contribution is -0.564. The monoisotopic (exact) mass is 212 g/mol. The van der Waals surface area contributed by atoms with Crippen molar-refractivity contribution < 1.29 is 14.8 Å². The molecule has 0 aliphatic heterocycles. The molecule has 0 bridgehead atoms. The molecule has 0 saturated carbocycles. The van der Waals surface area contributed by atoms with E-state index >= 15 is 0 Å². The number of carboxylic acid groups (broad SMARTS) is 1. The first kappa shape index (κ1) is 11.4. The quantitative estimate of drug-likeness (QED) is 0.512. The lowest BCUT2D eigenvalue weighted by Gasteiger charge is -2.30. The maximum atomic E-state index is 11.0. The van der Waals surface area contributed by atoms with Crippen molar-refractivity contribution in [1.29, 1.82) is 0 Å². The minimum Gasteiger partial charge on any atom is -0.481 e. The van der Waals surface area contributed by atoms with Gasteiger partial charge in [0.05, 0.1) is 6.04 Å². The van der Waals surface area contributed by atoms with Crippen LogP contribution in [0.3, 0.4) is 0 Å². The summed E-state index contributed by atoms with van der Waals surface area (Å²) in [6.07, 6.45) is 5.70. The highest BCUT2D eigenvalue weighted by molar-refractivity contribution is 5.72. The van der Waals surface area contributed by atoms with Gasteiger partial charge >= 0.3 is 5.97 Å². The van der Waals surface area contributed by atoms with Crippen molar-refractivity contribution in [2.24, 2.45) is 11.7 Å². The van der Waals surface area contributed by atoms with Gasteiger partial charge in [-0.25, -0.2) is 0 Å². The second kappa shape index (κ2) is 3.82. The Balaban J connectivity index is 3.20. The fourth-order valence-corrected chi connectivity index (χ4v) is 1.63. The summed E-state index contributed by atoms with van der Waals surface area (Å²) in [4.78, 5) is 21.2. The molecule has 0 radical (unpaired) electrons. The minimum atomic E-state index is -1.75. The lowest BCUT2D eigenvalue weighted by Crippen LogP contribution is -2.58. The van der Waals surface area contributed by atoms with Gasteiger partial charge in [-0.15, -0.1) is 0 Å². The van der Waals surface area contributed by atoms with Crippen LogP contribution < -0.4 is 5.73 Å². The number of hydrogen-bond donors (Lipinski definition) is 2. The van der Waals surface area contributed by atoms with Crippen molar-refractivity contribution in [2.45, 2.75) is 18.5 Å². The Morgan fingerprint density at radius 3 is 2.67 bits per heavy atom. The predicted octanol–water partition coefficient (Wildman–Crippen LogP) is 0.176. The van der Waals surface area contributed by atoms with Crippen LogP contribution in [0.2, 0.25) is 0 Å². The van der Waals surface area contributed by atoms with Crippen LogP contribution in [0.1, 0.15) is 6.92 Å². The van der Waals surface area contributed by atoms with Crippen LogP contribution in [0.5, 0.6) is 0 Å². The topological polar surface area (TPSA) is 106 Å². The van der Waals surface area contributed by atoms with Gasteiger partial charge < -0.3 is 10.8 Å². The number of allylic oxidation sites excluding steroid dienone is 2. The number of carboxylic acids is 1. The Hall–Kier alpha value is -1.69. The molecule has 15 heavy (non-hydrogen) atoms. The number of nitrogens with two attached hydrogens (primary N) is 1. The largest absolute Gasteiger partial charge is 0.481 e. The summed E-state index contributed by atoms with van der Waals surface area (Å²) < 4.78 is 0. The van der Waals surface area contributed by atoms with E-state index < -0.39 is 28.4 Å². The SMILES string of the molecule is CC(C(=O)O)C1([N+](=O)[O-])C=CC=CC1N. The number of nitro groups is 1. The molecule has 1 aliphatic rings. The summed E-state index contributed by atoms with van der Waals surface area (Å²) in [6, 6.07) is -0.927. The van der Waals surface area contributed by atoms with Crippen molar-refractivity contribution in [3.8, 4) is 0 Å². The average molecular weight is 212 g/mol. The summed E-state index contributed by atoms with van der Waals surface area (Å²) in [7, 11) is 0. The van der Waals surface area contributed by atoms with E-state index in [4.69, 9.17) is 10.8 Å². The number of aliphatic carboxylic acids is 1. The van der Waals surface area contributed by atoms with Gasteiger partial charge in [0.15, 0.2) is 0 Å². The molecule has 0 amide bonds. The first-order valence-electron chi connectivity index (χ1n) is 4.42. The van der Waals surface area contributed by atoms with E-state index in [0.717, 1.165) is 0 Å². The van der Waals surface area contributed by atoms with E-state index in [-0.39, 0.29) is 0 Å². The zero-order chi connectivity index (χ0) is 11.6. The van der Waals surface area contributed by atoms with Crippen molar-refractivity contribution >= 4 is 5.97 Å². The number of rotatable bonds is 3. The van der Waals surface area contributed by atoms with Crippen molar-refractivity contribution in [3.05, 3.63) is 34.4 Å². The molecule has 0 saturated heterocycles. The number of carbonyl (C=O) groups is 1. The van der Waals surface area contributed by atoms with Crippen molar-refractivity contribution in [1.82, 2.24) is 0 Å². The highest BCUT2D eigenvalue weighted by Crippen LogP contribution is 2.29. The molecule has 0 spiro atoms. The first-order chi connectivity index (χ1) is 6.93. The predicted molar refractivity (Wildman–Crippen MR) is 52.8 cm³/mol.